The average molecular weight is 387 g/mol. The molecular formula is C22H27ClN2O2. The monoisotopic (exact) mass is 386 g/mol. The number of aryl methyl sites for hydroxylation is 1. The van der Waals surface area contributed by atoms with Gasteiger partial charge >= 0.3 is 0 Å². The number of carbonyl (C=O) groups excluding carboxylic acids is 1. The number of hydrogen-bond donors (Lipinski definition) is 0. The average Bonchev–Trinajstić information content (AvgIpc) is 2.68. The highest BCUT2D eigenvalue weighted by Gasteiger charge is 2.20. The summed E-state index contributed by atoms with van der Waals surface area (Å²) in [6.45, 7) is 6.95. The van der Waals surface area contributed by atoms with Crippen LogP contribution in [0.15, 0.2) is 48.5 Å². The van der Waals surface area contributed by atoms with Gasteiger partial charge in [-0.25, -0.2) is 0 Å². The molecule has 1 aliphatic rings. The second-order valence-corrected chi connectivity index (χ2v) is 7.44. The van der Waals surface area contributed by atoms with Crippen LogP contribution < -0.4 is 4.74 Å². The van der Waals surface area contributed by atoms with Crippen LogP contribution in [-0.2, 0) is 11.3 Å². The van der Waals surface area contributed by atoms with Gasteiger partial charge in [0.25, 0.3) is 0 Å². The molecule has 0 saturated carbocycles. The Kier molecular flexibility index (Phi) is 7.13. The molecule has 1 aliphatic heterocycles. The Morgan fingerprint density at radius 2 is 1.81 bits per heavy atom. The summed E-state index contributed by atoms with van der Waals surface area (Å²) in [5.74, 6) is 1.06. The maximum atomic E-state index is 12.4. The molecule has 2 aromatic rings. The molecule has 4 nitrogen and oxygen atoms in total. The molecule has 0 unspecified atom stereocenters. The maximum absolute atomic E-state index is 12.4. The summed E-state index contributed by atoms with van der Waals surface area (Å²) >= 11 is 5.95. The molecular weight excluding hydrogens is 360 g/mol. The van der Waals surface area contributed by atoms with Crippen LogP contribution in [0.4, 0.5) is 0 Å². The zero-order chi connectivity index (χ0) is 19.1. The van der Waals surface area contributed by atoms with Crippen molar-refractivity contribution in [2.24, 2.45) is 0 Å². The normalized spacial score (nSPS) is 15.0. The minimum Gasteiger partial charge on any atom is -0.493 e. The molecule has 0 radical (unpaired) electrons. The van der Waals surface area contributed by atoms with Gasteiger partial charge in [0.05, 0.1) is 6.61 Å². The van der Waals surface area contributed by atoms with Crippen molar-refractivity contribution in [2.45, 2.75) is 26.3 Å². The SMILES string of the molecule is Cc1cc(Cl)ccc1OCCCC(=O)N1CCN(Cc2ccccc2)CC1. The molecule has 144 valence electrons. The van der Waals surface area contributed by atoms with E-state index in [-0.39, 0.29) is 5.91 Å². The van der Waals surface area contributed by atoms with Crippen molar-refractivity contribution in [1.29, 1.82) is 0 Å². The number of hydrogen-bond acceptors (Lipinski definition) is 3. The lowest BCUT2D eigenvalue weighted by Gasteiger charge is -2.34. The lowest BCUT2D eigenvalue weighted by atomic mass is 10.2. The molecule has 27 heavy (non-hydrogen) atoms. The number of rotatable bonds is 7. The summed E-state index contributed by atoms with van der Waals surface area (Å²) in [5, 5.41) is 0.710. The van der Waals surface area contributed by atoms with Crippen molar-refractivity contribution in [3.8, 4) is 5.75 Å². The lowest BCUT2D eigenvalue weighted by molar-refractivity contribution is -0.133. The van der Waals surface area contributed by atoms with Gasteiger partial charge in [0.15, 0.2) is 0 Å². The van der Waals surface area contributed by atoms with Crippen LogP contribution in [0, 0.1) is 6.92 Å². The van der Waals surface area contributed by atoms with Crippen LogP contribution in [0.2, 0.25) is 5.02 Å². The fourth-order valence-electron chi connectivity index (χ4n) is 3.34. The van der Waals surface area contributed by atoms with Gasteiger partial charge in [-0.2, -0.15) is 0 Å². The van der Waals surface area contributed by atoms with Crippen molar-refractivity contribution in [3.63, 3.8) is 0 Å². The van der Waals surface area contributed by atoms with Crippen LogP contribution in [0.5, 0.6) is 5.75 Å². The number of piperazine rings is 1. The summed E-state index contributed by atoms with van der Waals surface area (Å²) in [4.78, 5) is 16.8. The molecule has 5 heteroatoms. The third kappa shape index (κ3) is 5.98. The van der Waals surface area contributed by atoms with Gasteiger partial charge in [-0.3, -0.25) is 9.69 Å². The first-order chi connectivity index (χ1) is 13.1. The number of amides is 1. The first-order valence-corrected chi connectivity index (χ1v) is 9.92. The van der Waals surface area contributed by atoms with Crippen LogP contribution >= 0.6 is 11.6 Å². The zero-order valence-corrected chi connectivity index (χ0v) is 16.6. The molecule has 0 bridgehead atoms. The Morgan fingerprint density at radius 3 is 2.52 bits per heavy atom. The highest BCUT2D eigenvalue weighted by atomic mass is 35.5. The summed E-state index contributed by atoms with van der Waals surface area (Å²) in [6.07, 6.45) is 1.26. The largest absolute Gasteiger partial charge is 0.493 e. The van der Waals surface area contributed by atoms with E-state index in [0.717, 1.165) is 50.5 Å². The molecule has 0 aromatic heterocycles. The van der Waals surface area contributed by atoms with E-state index < -0.39 is 0 Å². The zero-order valence-electron chi connectivity index (χ0n) is 15.9. The van der Waals surface area contributed by atoms with E-state index in [0.29, 0.717) is 18.1 Å². The van der Waals surface area contributed by atoms with Gasteiger partial charge in [-0.05, 0) is 42.7 Å². The first-order valence-electron chi connectivity index (χ1n) is 9.55. The number of nitrogens with zero attached hydrogens (tertiary/aromatic N) is 2. The van der Waals surface area contributed by atoms with Crippen LogP contribution in [0.25, 0.3) is 0 Å². The van der Waals surface area contributed by atoms with Crippen molar-refractivity contribution in [3.05, 3.63) is 64.7 Å². The van der Waals surface area contributed by atoms with Gasteiger partial charge in [-0.15, -0.1) is 0 Å². The number of benzene rings is 2. The summed E-state index contributed by atoms with van der Waals surface area (Å²) in [6, 6.07) is 16.1. The predicted molar refractivity (Wildman–Crippen MR) is 109 cm³/mol. The minimum atomic E-state index is 0.228. The smallest absolute Gasteiger partial charge is 0.222 e. The summed E-state index contributed by atoms with van der Waals surface area (Å²) in [5.41, 5.74) is 2.34. The Morgan fingerprint density at radius 1 is 1.07 bits per heavy atom. The quantitative estimate of drug-likeness (QED) is 0.670. The van der Waals surface area contributed by atoms with E-state index in [2.05, 4.69) is 29.2 Å². The second-order valence-electron chi connectivity index (χ2n) is 7.00. The van der Waals surface area contributed by atoms with Crippen molar-refractivity contribution in [2.75, 3.05) is 32.8 Å². The minimum absolute atomic E-state index is 0.228. The number of halogens is 1. The van der Waals surface area contributed by atoms with Gasteiger partial charge in [0, 0.05) is 44.2 Å². The van der Waals surface area contributed by atoms with E-state index >= 15 is 0 Å². The first kappa shape index (κ1) is 19.7. The second kappa shape index (κ2) is 9.77. The van der Waals surface area contributed by atoms with Gasteiger partial charge in [0.2, 0.25) is 5.91 Å². The summed E-state index contributed by atoms with van der Waals surface area (Å²) in [7, 11) is 0. The molecule has 2 aromatic carbocycles. The van der Waals surface area contributed by atoms with Gasteiger partial charge in [0.1, 0.15) is 5.75 Å². The number of ether oxygens (including phenoxy) is 1. The van der Waals surface area contributed by atoms with Gasteiger partial charge in [-0.1, -0.05) is 41.9 Å². The molecule has 1 fully saturated rings. The third-order valence-corrected chi connectivity index (χ3v) is 5.14. The van der Waals surface area contributed by atoms with Crippen LogP contribution in [-0.4, -0.2) is 48.5 Å². The van der Waals surface area contributed by atoms with Gasteiger partial charge < -0.3 is 9.64 Å². The van der Waals surface area contributed by atoms with Crippen molar-refractivity contribution >= 4 is 17.5 Å². The highest BCUT2D eigenvalue weighted by Crippen LogP contribution is 2.22. The molecule has 1 saturated heterocycles. The van der Waals surface area contributed by atoms with Crippen molar-refractivity contribution < 1.29 is 9.53 Å². The molecule has 0 atom stereocenters. The lowest BCUT2D eigenvalue weighted by Crippen LogP contribution is -2.48. The Bertz CT molecular complexity index is 743. The topological polar surface area (TPSA) is 32.8 Å². The molecule has 1 amide bonds. The summed E-state index contributed by atoms with van der Waals surface area (Å²) < 4.78 is 5.78. The molecule has 0 aliphatic carbocycles. The van der Waals surface area contributed by atoms with E-state index in [1.807, 2.05) is 36.1 Å². The molecule has 0 spiro atoms. The van der Waals surface area contributed by atoms with E-state index in [1.54, 1.807) is 0 Å². The van der Waals surface area contributed by atoms with Crippen LogP contribution in [0.3, 0.4) is 0 Å². The number of carbonyl (C=O) groups is 1. The molecule has 3 rings (SSSR count). The highest BCUT2D eigenvalue weighted by molar-refractivity contribution is 6.30. The predicted octanol–water partition coefficient (Wildman–Crippen LogP) is 4.15. The van der Waals surface area contributed by atoms with E-state index in [4.69, 9.17) is 16.3 Å². The maximum Gasteiger partial charge on any atom is 0.222 e. The molecule has 1 heterocycles. The van der Waals surface area contributed by atoms with Crippen LogP contribution in [0.1, 0.15) is 24.0 Å². The Labute approximate surface area is 166 Å². The molecule has 0 N–H and O–H groups in total. The fourth-order valence-corrected chi connectivity index (χ4v) is 3.56. The Balaban J connectivity index is 1.34. The Hall–Kier alpha value is -2.04. The van der Waals surface area contributed by atoms with E-state index in [1.165, 1.54) is 5.56 Å². The third-order valence-electron chi connectivity index (χ3n) is 4.90. The van der Waals surface area contributed by atoms with Crippen molar-refractivity contribution in [1.82, 2.24) is 9.80 Å². The standard InChI is InChI=1S/C22H27ClN2O2/c1-18-16-20(23)9-10-21(18)27-15-5-8-22(26)25-13-11-24(12-14-25)17-19-6-3-2-4-7-19/h2-4,6-7,9-10,16H,5,8,11-15,17H2,1H3. The van der Waals surface area contributed by atoms with E-state index in [9.17, 15) is 4.79 Å². The fraction of sp³-hybridized carbons (Fsp3) is 0.409.